The van der Waals surface area contributed by atoms with Gasteiger partial charge in [-0.2, -0.15) is 23.3 Å². The van der Waals surface area contributed by atoms with Gasteiger partial charge in [0.2, 0.25) is 11.9 Å². The second-order valence-electron chi connectivity index (χ2n) is 8.46. The van der Waals surface area contributed by atoms with E-state index < -0.39 is 12.2 Å². The van der Waals surface area contributed by atoms with Crippen molar-refractivity contribution in [2.45, 2.75) is 69.3 Å². The minimum Gasteiger partial charge on any atom is -0.381 e. The Morgan fingerprint density at radius 2 is 1.97 bits per heavy atom. The first-order valence-corrected chi connectivity index (χ1v) is 10.4. The maximum absolute atomic E-state index is 13.5. The Hall–Kier alpha value is -1.84. The molecule has 0 unspecified atom stereocenters. The molecule has 4 atom stereocenters. The monoisotopic (exact) mass is 415 g/mol. The lowest BCUT2D eigenvalue weighted by molar-refractivity contribution is -0.174. The van der Waals surface area contributed by atoms with Gasteiger partial charge in [-0.3, -0.25) is 4.79 Å². The molecular weight excluding hydrogens is 387 g/mol. The molecule has 4 rings (SSSR count). The fraction of sp³-hybridized carbons (Fsp3) is 0.842. The van der Waals surface area contributed by atoms with Crippen LogP contribution in [0.15, 0.2) is 6.33 Å². The second kappa shape index (κ2) is 8.12. The number of anilines is 1. The molecule has 0 aromatic carbocycles. The van der Waals surface area contributed by atoms with Crippen LogP contribution in [0.2, 0.25) is 0 Å². The van der Waals surface area contributed by atoms with Crippen LogP contribution in [0.5, 0.6) is 0 Å². The summed E-state index contributed by atoms with van der Waals surface area (Å²) in [6.45, 7) is 1.19. The average Bonchev–Trinajstić information content (AvgIpc) is 3.20. The zero-order valence-corrected chi connectivity index (χ0v) is 16.6. The highest BCUT2D eigenvalue weighted by molar-refractivity contribution is 5.79. The van der Waals surface area contributed by atoms with E-state index in [1.54, 1.807) is 7.11 Å². The number of methoxy groups -OCH3 is 1. The zero-order valence-electron chi connectivity index (χ0n) is 16.6. The van der Waals surface area contributed by atoms with Crippen molar-refractivity contribution in [1.29, 1.82) is 0 Å². The van der Waals surface area contributed by atoms with E-state index in [9.17, 15) is 18.0 Å². The molecule has 1 aromatic heterocycles. The molecule has 1 saturated carbocycles. The predicted octanol–water partition coefficient (Wildman–Crippen LogP) is 3.01. The van der Waals surface area contributed by atoms with Crippen molar-refractivity contribution in [3.8, 4) is 0 Å². The molecule has 29 heavy (non-hydrogen) atoms. The number of carbonyl (C=O) groups excluding carboxylic acids is 1. The van der Waals surface area contributed by atoms with Crippen LogP contribution in [0.4, 0.5) is 19.1 Å². The van der Waals surface area contributed by atoms with Gasteiger partial charge in [-0.15, -0.1) is 0 Å². The summed E-state index contributed by atoms with van der Waals surface area (Å²) in [7, 11) is 1.69. The molecule has 1 amide bonds. The maximum atomic E-state index is 13.5. The molecule has 0 bridgehead atoms. The smallest absolute Gasteiger partial charge is 0.381 e. The average molecular weight is 415 g/mol. The summed E-state index contributed by atoms with van der Waals surface area (Å²) in [4.78, 5) is 18.7. The standard InChI is InChI=1S/C19H28F3N5O2/c1-29-14-4-2-3-13(9-14)17(28)26-7-5-12(6-8-26)15-10-16(19(20,21)22)27-18(25-15)23-11-24-27/h11-16H,2-10H2,1H3,(H,23,24,25)/t13-,14+,15-,16+/m0/s1. The lowest BCUT2D eigenvalue weighted by Crippen LogP contribution is -2.48. The lowest BCUT2D eigenvalue weighted by Gasteiger charge is -2.41. The number of hydrogen-bond acceptors (Lipinski definition) is 5. The molecule has 1 aromatic rings. The van der Waals surface area contributed by atoms with Gasteiger partial charge in [0.05, 0.1) is 6.10 Å². The van der Waals surface area contributed by atoms with Gasteiger partial charge >= 0.3 is 6.18 Å². The molecule has 1 aliphatic carbocycles. The summed E-state index contributed by atoms with van der Waals surface area (Å²) >= 11 is 0. The van der Waals surface area contributed by atoms with Gasteiger partial charge in [-0.1, -0.05) is 6.42 Å². The number of rotatable bonds is 3. The Morgan fingerprint density at radius 1 is 1.21 bits per heavy atom. The topological polar surface area (TPSA) is 72.3 Å². The number of carbonyl (C=O) groups is 1. The summed E-state index contributed by atoms with van der Waals surface area (Å²) in [6.07, 6.45) is 1.94. The van der Waals surface area contributed by atoms with Crippen molar-refractivity contribution < 1.29 is 22.7 Å². The van der Waals surface area contributed by atoms with E-state index in [1.807, 2.05) is 4.90 Å². The number of hydrogen-bond donors (Lipinski definition) is 1. The number of amides is 1. The van der Waals surface area contributed by atoms with Crippen molar-refractivity contribution in [2.75, 3.05) is 25.5 Å². The summed E-state index contributed by atoms with van der Waals surface area (Å²) in [5, 5.41) is 6.88. The van der Waals surface area contributed by atoms with E-state index >= 15 is 0 Å². The predicted molar refractivity (Wildman–Crippen MR) is 99.2 cm³/mol. The van der Waals surface area contributed by atoms with E-state index in [0.29, 0.717) is 25.9 Å². The number of nitrogens with zero attached hydrogens (tertiary/aromatic N) is 4. The molecular formula is C19H28F3N5O2. The number of halogens is 3. The van der Waals surface area contributed by atoms with E-state index in [1.165, 1.54) is 0 Å². The third-order valence-electron chi connectivity index (χ3n) is 6.77. The Kier molecular flexibility index (Phi) is 5.72. The SMILES string of the molecule is CO[C@@H]1CCC[C@H](C(=O)N2CCC([C@@H]3C[C@H](C(F)(F)F)n4ncnc4N3)CC2)C1. The zero-order chi connectivity index (χ0) is 20.6. The Morgan fingerprint density at radius 3 is 2.66 bits per heavy atom. The largest absolute Gasteiger partial charge is 0.411 e. The molecule has 7 nitrogen and oxygen atoms in total. The minimum absolute atomic E-state index is 0.00576. The van der Waals surface area contributed by atoms with Crippen molar-refractivity contribution in [1.82, 2.24) is 19.7 Å². The molecule has 10 heteroatoms. The summed E-state index contributed by atoms with van der Waals surface area (Å²) < 4.78 is 46.8. The molecule has 2 fully saturated rings. The van der Waals surface area contributed by atoms with Crippen molar-refractivity contribution in [3.05, 3.63) is 6.33 Å². The Bertz CT molecular complexity index is 717. The van der Waals surface area contributed by atoms with E-state index in [2.05, 4.69) is 15.4 Å². The number of piperidine rings is 1. The van der Waals surface area contributed by atoms with Gasteiger partial charge in [0.1, 0.15) is 6.33 Å². The molecule has 3 aliphatic rings. The minimum atomic E-state index is -4.36. The van der Waals surface area contributed by atoms with Crippen LogP contribution in [0.3, 0.4) is 0 Å². The molecule has 3 heterocycles. The van der Waals surface area contributed by atoms with Crippen molar-refractivity contribution >= 4 is 11.9 Å². The van der Waals surface area contributed by atoms with Gasteiger partial charge in [0.25, 0.3) is 0 Å². The molecule has 1 N–H and O–H groups in total. The van der Waals surface area contributed by atoms with Gasteiger partial charge in [-0.05, 0) is 44.4 Å². The van der Waals surface area contributed by atoms with Gasteiger partial charge in [0.15, 0.2) is 6.04 Å². The van der Waals surface area contributed by atoms with Crippen molar-refractivity contribution in [3.63, 3.8) is 0 Å². The molecule has 162 valence electrons. The highest BCUT2D eigenvalue weighted by atomic mass is 19.4. The van der Waals surface area contributed by atoms with Crippen LogP contribution < -0.4 is 5.32 Å². The van der Waals surface area contributed by atoms with Crippen LogP contribution in [-0.2, 0) is 9.53 Å². The van der Waals surface area contributed by atoms with E-state index in [0.717, 1.165) is 36.7 Å². The van der Waals surface area contributed by atoms with Crippen molar-refractivity contribution in [2.24, 2.45) is 11.8 Å². The summed E-state index contributed by atoms with van der Waals surface area (Å²) in [6, 6.07) is -1.97. The van der Waals surface area contributed by atoms with Gasteiger partial charge in [-0.25, -0.2) is 4.68 Å². The van der Waals surface area contributed by atoms with E-state index in [-0.39, 0.29) is 42.3 Å². The fourth-order valence-corrected chi connectivity index (χ4v) is 5.09. The molecule has 0 spiro atoms. The van der Waals surface area contributed by atoms with Crippen LogP contribution in [-0.4, -0.2) is 64.1 Å². The van der Waals surface area contributed by atoms with Crippen LogP contribution in [0.25, 0.3) is 0 Å². The number of alkyl halides is 3. The maximum Gasteiger partial charge on any atom is 0.411 e. The highest BCUT2D eigenvalue weighted by Gasteiger charge is 2.48. The van der Waals surface area contributed by atoms with Gasteiger partial charge < -0.3 is 15.0 Å². The number of ether oxygens (including phenoxy) is 1. The van der Waals surface area contributed by atoms with Gasteiger partial charge in [0, 0.05) is 32.2 Å². The Labute approximate surface area is 168 Å². The summed E-state index contributed by atoms with van der Waals surface area (Å²) in [5.41, 5.74) is 0. The van der Waals surface area contributed by atoms with Crippen LogP contribution >= 0.6 is 0 Å². The number of likely N-dealkylation sites (tertiary alicyclic amines) is 1. The first-order chi connectivity index (χ1) is 13.9. The quantitative estimate of drug-likeness (QED) is 0.822. The lowest BCUT2D eigenvalue weighted by atomic mass is 9.83. The summed E-state index contributed by atoms with van der Waals surface area (Å²) in [5.74, 6) is 0.434. The third-order valence-corrected chi connectivity index (χ3v) is 6.77. The Balaban J connectivity index is 1.36. The number of nitrogens with one attached hydrogen (secondary N) is 1. The first kappa shape index (κ1) is 20.4. The first-order valence-electron chi connectivity index (χ1n) is 10.4. The highest BCUT2D eigenvalue weighted by Crippen LogP contribution is 2.41. The number of aromatic nitrogens is 3. The molecule has 1 saturated heterocycles. The van der Waals surface area contributed by atoms with Crippen LogP contribution in [0, 0.1) is 11.8 Å². The normalized spacial score (nSPS) is 31.2. The molecule has 2 aliphatic heterocycles. The third kappa shape index (κ3) is 4.22. The fourth-order valence-electron chi connectivity index (χ4n) is 5.09. The second-order valence-corrected chi connectivity index (χ2v) is 8.46. The van der Waals surface area contributed by atoms with E-state index in [4.69, 9.17) is 4.74 Å². The molecule has 0 radical (unpaired) electrons. The van der Waals surface area contributed by atoms with Crippen LogP contribution in [0.1, 0.15) is 51.0 Å². The number of fused-ring (bicyclic) bond motifs is 1.